The van der Waals surface area contributed by atoms with Crippen LogP contribution in [0.2, 0.25) is 0 Å². The van der Waals surface area contributed by atoms with Crippen LogP contribution in [0.25, 0.3) is 0 Å². The molecule has 1 aromatic carbocycles. The van der Waals surface area contributed by atoms with Crippen LogP contribution in [0.3, 0.4) is 0 Å². The van der Waals surface area contributed by atoms with E-state index in [9.17, 15) is 0 Å². The molecule has 2 heterocycles. The monoisotopic (exact) mass is 589 g/mol. The standard InChI is InChI=1S/C30H44N3O.HI/c1-20(2)26-6-5-7-27(21(3)4)28(26)33-11-10-32(19-33)9-8-25-18-34-29(31-25)30-15-22-12-23(16-30)14-24(13-22)17-30;/h5-7,19-25H,8-18H2,1-4H3;1H/q+1;/p-1/t22?,23?,24?,25-,30?;/m0./s1. The number of halogens is 1. The summed E-state index contributed by atoms with van der Waals surface area (Å²) in [5.41, 5.74) is 4.70. The lowest BCUT2D eigenvalue weighted by molar-refractivity contribution is -0.514. The van der Waals surface area contributed by atoms with E-state index >= 15 is 0 Å². The average Bonchev–Trinajstić information content (AvgIpc) is 3.46. The van der Waals surface area contributed by atoms with E-state index in [1.165, 1.54) is 55.3 Å². The first-order valence-corrected chi connectivity index (χ1v) is 14.1. The molecule has 6 aliphatic rings. The number of para-hydroxylation sites is 1. The summed E-state index contributed by atoms with van der Waals surface area (Å²) in [6, 6.07) is 7.22. The second-order valence-electron chi connectivity index (χ2n) is 12.8. The molecule has 2 aliphatic heterocycles. The van der Waals surface area contributed by atoms with Crippen LogP contribution in [0.5, 0.6) is 0 Å². The minimum Gasteiger partial charge on any atom is -1.00 e. The van der Waals surface area contributed by atoms with Gasteiger partial charge in [-0.1, -0.05) is 45.9 Å². The van der Waals surface area contributed by atoms with Crippen molar-refractivity contribution in [3.8, 4) is 0 Å². The van der Waals surface area contributed by atoms with Gasteiger partial charge in [-0.3, -0.25) is 4.58 Å². The average molecular weight is 590 g/mol. The van der Waals surface area contributed by atoms with Crippen LogP contribution in [-0.2, 0) is 4.74 Å². The highest BCUT2D eigenvalue weighted by Gasteiger charge is 2.55. The van der Waals surface area contributed by atoms with E-state index in [1.54, 1.807) is 0 Å². The minimum atomic E-state index is 0. The third-order valence-electron chi connectivity index (χ3n) is 9.51. The van der Waals surface area contributed by atoms with E-state index in [2.05, 4.69) is 61.7 Å². The van der Waals surface area contributed by atoms with Crippen LogP contribution in [0.15, 0.2) is 23.2 Å². The van der Waals surface area contributed by atoms with Gasteiger partial charge in [0.2, 0.25) is 6.34 Å². The van der Waals surface area contributed by atoms with Crippen LogP contribution in [-0.4, -0.2) is 49.1 Å². The van der Waals surface area contributed by atoms with Gasteiger partial charge < -0.3 is 28.7 Å². The number of nitrogens with zero attached hydrogens (tertiary/aromatic N) is 3. The Kier molecular flexibility index (Phi) is 7.28. The normalized spacial score (nSPS) is 33.3. The maximum Gasteiger partial charge on any atom is 0.239 e. The van der Waals surface area contributed by atoms with Crippen molar-refractivity contribution in [3.63, 3.8) is 0 Å². The zero-order chi connectivity index (χ0) is 23.4. The molecule has 1 aromatic rings. The molecule has 4 nitrogen and oxygen atoms in total. The molecule has 5 heteroatoms. The molecule has 0 spiro atoms. The first-order chi connectivity index (χ1) is 16.4. The third kappa shape index (κ3) is 4.80. The molecule has 1 atom stereocenters. The lowest BCUT2D eigenvalue weighted by Crippen LogP contribution is -3.00. The predicted molar refractivity (Wildman–Crippen MR) is 140 cm³/mol. The molecule has 0 unspecified atom stereocenters. The van der Waals surface area contributed by atoms with Gasteiger partial charge in [0.1, 0.15) is 25.4 Å². The van der Waals surface area contributed by atoms with Crippen LogP contribution in [0, 0.1) is 23.2 Å². The highest BCUT2D eigenvalue weighted by Crippen LogP contribution is 2.61. The van der Waals surface area contributed by atoms with Gasteiger partial charge in [0, 0.05) is 23.0 Å². The van der Waals surface area contributed by atoms with E-state index in [0.717, 1.165) is 56.3 Å². The highest BCUT2D eigenvalue weighted by molar-refractivity contribution is 5.84. The Morgan fingerprint density at radius 2 is 1.60 bits per heavy atom. The summed E-state index contributed by atoms with van der Waals surface area (Å²) < 4.78 is 8.86. The molecule has 4 bridgehead atoms. The Labute approximate surface area is 229 Å². The predicted octanol–water partition coefficient (Wildman–Crippen LogP) is 3.20. The smallest absolute Gasteiger partial charge is 0.239 e. The van der Waals surface area contributed by atoms with Gasteiger partial charge in [0.15, 0.2) is 5.90 Å². The molecular formula is C30H44IN3O. The van der Waals surface area contributed by atoms with E-state index < -0.39 is 0 Å². The number of benzene rings is 1. The van der Waals surface area contributed by atoms with Crippen LogP contribution < -0.4 is 28.9 Å². The second kappa shape index (κ2) is 9.98. The molecule has 4 saturated carbocycles. The lowest BCUT2D eigenvalue weighted by atomic mass is 9.49. The van der Waals surface area contributed by atoms with Gasteiger partial charge in [-0.25, -0.2) is 9.89 Å². The molecular weight excluding hydrogens is 545 g/mol. The maximum atomic E-state index is 6.35. The first-order valence-electron chi connectivity index (χ1n) is 14.1. The van der Waals surface area contributed by atoms with Crippen molar-refractivity contribution in [3.05, 3.63) is 29.3 Å². The fourth-order valence-electron chi connectivity index (χ4n) is 8.27. The minimum absolute atomic E-state index is 0. The SMILES string of the molecule is CC(C)c1cccc(C(C)C)c1N1C=[N+](CC[C@H]2COC(C34CC5CC(CC(C5)C3)C4)=N2)CC1.[I-]. The fourth-order valence-corrected chi connectivity index (χ4v) is 8.27. The molecule has 0 saturated heterocycles. The number of anilines is 1. The molecule has 4 fully saturated rings. The summed E-state index contributed by atoms with van der Waals surface area (Å²) in [6.07, 6.45) is 12.0. The van der Waals surface area contributed by atoms with Gasteiger partial charge in [-0.15, -0.1) is 0 Å². The van der Waals surface area contributed by atoms with Crippen molar-refractivity contribution in [1.29, 1.82) is 0 Å². The molecule has 7 rings (SSSR count). The van der Waals surface area contributed by atoms with Crippen molar-refractivity contribution < 1.29 is 33.3 Å². The highest BCUT2D eigenvalue weighted by atomic mass is 127. The Balaban J connectivity index is 0.00000253. The third-order valence-corrected chi connectivity index (χ3v) is 9.51. The maximum absolute atomic E-state index is 6.35. The summed E-state index contributed by atoms with van der Waals surface area (Å²) >= 11 is 0. The molecule has 35 heavy (non-hydrogen) atoms. The van der Waals surface area contributed by atoms with Gasteiger partial charge in [0.25, 0.3) is 0 Å². The quantitative estimate of drug-likeness (QED) is 0.361. The van der Waals surface area contributed by atoms with Crippen molar-refractivity contribution in [2.24, 2.45) is 28.2 Å². The summed E-state index contributed by atoms with van der Waals surface area (Å²) in [7, 11) is 0. The molecule has 0 radical (unpaired) electrons. The van der Waals surface area contributed by atoms with E-state index in [4.69, 9.17) is 9.73 Å². The van der Waals surface area contributed by atoms with Crippen LogP contribution in [0.1, 0.15) is 95.6 Å². The summed E-state index contributed by atoms with van der Waals surface area (Å²) in [4.78, 5) is 7.74. The number of hydrogen-bond acceptors (Lipinski definition) is 3. The number of hydrogen-bond donors (Lipinski definition) is 0. The number of ether oxygens (including phenoxy) is 1. The Hall–Kier alpha value is -1.11. The van der Waals surface area contributed by atoms with Crippen LogP contribution >= 0.6 is 0 Å². The summed E-state index contributed by atoms with van der Waals surface area (Å²) in [5.74, 6) is 5.08. The largest absolute Gasteiger partial charge is 1.00 e. The van der Waals surface area contributed by atoms with Crippen molar-refractivity contribution >= 4 is 17.9 Å². The Morgan fingerprint density at radius 3 is 2.17 bits per heavy atom. The zero-order valence-electron chi connectivity index (χ0n) is 22.2. The van der Waals surface area contributed by atoms with Crippen LogP contribution in [0.4, 0.5) is 5.69 Å². The Morgan fingerprint density at radius 1 is 1.00 bits per heavy atom. The van der Waals surface area contributed by atoms with Crippen molar-refractivity contribution in [1.82, 2.24) is 0 Å². The van der Waals surface area contributed by atoms with Gasteiger partial charge in [-0.05, 0) is 68.1 Å². The molecule has 0 aromatic heterocycles. The van der Waals surface area contributed by atoms with E-state index in [0.29, 0.717) is 23.3 Å². The lowest BCUT2D eigenvalue weighted by Gasteiger charge is -2.56. The first kappa shape index (κ1) is 25.5. The molecule has 0 amide bonds. The Bertz CT molecular complexity index is 936. The fraction of sp³-hybridized carbons (Fsp3) is 0.733. The van der Waals surface area contributed by atoms with Gasteiger partial charge >= 0.3 is 0 Å². The topological polar surface area (TPSA) is 27.8 Å². The number of rotatable bonds is 7. The molecule has 0 N–H and O–H groups in total. The number of aliphatic imine (C=N–C) groups is 1. The zero-order valence-corrected chi connectivity index (χ0v) is 24.3. The summed E-state index contributed by atoms with van der Waals surface area (Å²) in [6.45, 7) is 13.3. The van der Waals surface area contributed by atoms with Gasteiger partial charge in [0.05, 0.1) is 12.6 Å². The van der Waals surface area contributed by atoms with Crippen molar-refractivity contribution in [2.75, 3.05) is 31.1 Å². The van der Waals surface area contributed by atoms with E-state index in [1.807, 2.05) is 0 Å². The second-order valence-corrected chi connectivity index (χ2v) is 12.8. The van der Waals surface area contributed by atoms with Crippen molar-refractivity contribution in [2.45, 2.75) is 90.5 Å². The molecule has 4 aliphatic carbocycles. The summed E-state index contributed by atoms with van der Waals surface area (Å²) in [5, 5.41) is 0. The van der Waals surface area contributed by atoms with E-state index in [-0.39, 0.29) is 24.0 Å². The molecule has 192 valence electrons. The van der Waals surface area contributed by atoms with Gasteiger partial charge in [-0.2, -0.15) is 0 Å².